The number of aliphatic hydroxyl groups excluding tert-OH is 1. The van der Waals surface area contributed by atoms with E-state index in [1.165, 1.54) is 96.3 Å². The lowest BCUT2D eigenvalue weighted by Gasteiger charge is -2.21. The van der Waals surface area contributed by atoms with Crippen molar-refractivity contribution in [3.05, 3.63) is 72.9 Å². The van der Waals surface area contributed by atoms with Crippen molar-refractivity contribution in [3.8, 4) is 0 Å². The summed E-state index contributed by atoms with van der Waals surface area (Å²) in [4.78, 5) is 72.8. The first-order valence-corrected chi connectivity index (χ1v) is 41.2. The van der Waals surface area contributed by atoms with Crippen LogP contribution in [0.4, 0.5) is 0 Å². The zero-order valence-corrected chi connectivity index (χ0v) is 62.6. The normalized spacial score (nSPS) is 14.4. The Bertz CT molecular complexity index is 2110. The summed E-state index contributed by atoms with van der Waals surface area (Å²) in [6, 6.07) is 0. The van der Waals surface area contributed by atoms with Gasteiger partial charge in [-0.25, -0.2) is 9.13 Å². The van der Waals surface area contributed by atoms with Gasteiger partial charge in [-0.05, 0) is 89.9 Å². The van der Waals surface area contributed by atoms with Crippen molar-refractivity contribution in [3.63, 3.8) is 0 Å². The van der Waals surface area contributed by atoms with Crippen molar-refractivity contribution >= 4 is 39.5 Å². The van der Waals surface area contributed by atoms with Gasteiger partial charge in [0, 0.05) is 25.7 Å². The summed E-state index contributed by atoms with van der Waals surface area (Å²) in [5.41, 5.74) is 0. The summed E-state index contributed by atoms with van der Waals surface area (Å²) in [6.45, 7) is 4.66. The summed E-state index contributed by atoms with van der Waals surface area (Å²) < 4.78 is 68.4. The molecule has 0 heterocycles. The smallest absolute Gasteiger partial charge is 0.462 e. The first-order valence-electron chi connectivity index (χ1n) is 38.2. The molecule has 558 valence electrons. The molecular formula is C77H138O17P2. The number of hydrogen-bond donors (Lipinski definition) is 3. The minimum absolute atomic E-state index is 0.0755. The van der Waals surface area contributed by atoms with Crippen LogP contribution >= 0.6 is 15.6 Å². The van der Waals surface area contributed by atoms with E-state index in [1.807, 2.05) is 0 Å². The minimum atomic E-state index is -4.97. The van der Waals surface area contributed by atoms with Crippen LogP contribution in [0.2, 0.25) is 0 Å². The lowest BCUT2D eigenvalue weighted by Crippen LogP contribution is -2.30. The van der Waals surface area contributed by atoms with Crippen LogP contribution in [-0.2, 0) is 65.4 Å². The molecule has 0 fully saturated rings. The molecule has 0 aliphatic carbocycles. The summed E-state index contributed by atoms with van der Waals surface area (Å²) in [5, 5.41) is 10.6. The van der Waals surface area contributed by atoms with Crippen molar-refractivity contribution in [1.29, 1.82) is 0 Å². The highest BCUT2D eigenvalue weighted by atomic mass is 31.2. The van der Waals surface area contributed by atoms with E-state index in [-0.39, 0.29) is 25.7 Å². The lowest BCUT2D eigenvalue weighted by molar-refractivity contribution is -0.161. The Morgan fingerprint density at radius 2 is 0.542 bits per heavy atom. The molecule has 0 aromatic rings. The van der Waals surface area contributed by atoms with Gasteiger partial charge in [0.2, 0.25) is 0 Å². The van der Waals surface area contributed by atoms with Gasteiger partial charge in [0.15, 0.2) is 12.2 Å². The van der Waals surface area contributed by atoms with E-state index in [9.17, 15) is 43.2 Å². The van der Waals surface area contributed by atoms with Crippen molar-refractivity contribution in [2.45, 2.75) is 354 Å². The van der Waals surface area contributed by atoms with Gasteiger partial charge in [0.25, 0.3) is 0 Å². The van der Waals surface area contributed by atoms with E-state index >= 15 is 0 Å². The quantitative estimate of drug-likeness (QED) is 0.0169. The van der Waals surface area contributed by atoms with Crippen molar-refractivity contribution in [2.24, 2.45) is 0 Å². The Labute approximate surface area is 583 Å². The highest BCUT2D eigenvalue weighted by Gasteiger charge is 2.30. The fraction of sp³-hybridized carbons (Fsp3) is 0.792. The van der Waals surface area contributed by atoms with Crippen LogP contribution < -0.4 is 0 Å². The predicted molar refractivity (Wildman–Crippen MR) is 390 cm³/mol. The Morgan fingerprint density at radius 1 is 0.302 bits per heavy atom. The topological polar surface area (TPSA) is 237 Å². The number of phosphoric acid groups is 2. The van der Waals surface area contributed by atoms with Gasteiger partial charge in [-0.2, -0.15) is 0 Å². The molecule has 19 heteroatoms. The van der Waals surface area contributed by atoms with Crippen LogP contribution in [0.25, 0.3) is 0 Å². The van der Waals surface area contributed by atoms with E-state index in [2.05, 4.69) is 101 Å². The van der Waals surface area contributed by atoms with Crippen molar-refractivity contribution in [1.82, 2.24) is 0 Å². The summed E-state index contributed by atoms with van der Waals surface area (Å²) in [7, 11) is -9.94. The van der Waals surface area contributed by atoms with Gasteiger partial charge in [-0.1, -0.05) is 293 Å². The number of aliphatic hydroxyl groups is 1. The molecule has 96 heavy (non-hydrogen) atoms. The second kappa shape index (κ2) is 70.0. The number of carbonyl (C=O) groups excluding carboxylic acids is 4. The van der Waals surface area contributed by atoms with E-state index < -0.39 is 97.5 Å². The van der Waals surface area contributed by atoms with Gasteiger partial charge in [0.05, 0.1) is 26.4 Å². The average molecular weight is 1400 g/mol. The molecule has 0 aliphatic heterocycles. The van der Waals surface area contributed by atoms with E-state index in [0.29, 0.717) is 25.7 Å². The molecule has 0 radical (unpaired) electrons. The molecule has 17 nitrogen and oxygen atoms in total. The van der Waals surface area contributed by atoms with Crippen LogP contribution in [0.1, 0.15) is 336 Å². The molecule has 0 saturated heterocycles. The second-order valence-corrected chi connectivity index (χ2v) is 28.5. The third-order valence-corrected chi connectivity index (χ3v) is 18.1. The predicted octanol–water partition coefficient (Wildman–Crippen LogP) is 21.7. The summed E-state index contributed by atoms with van der Waals surface area (Å²) >= 11 is 0. The lowest BCUT2D eigenvalue weighted by atomic mass is 10.0. The molecule has 0 rings (SSSR count). The summed E-state index contributed by atoms with van der Waals surface area (Å²) in [5.74, 6) is -2.18. The third kappa shape index (κ3) is 69.0. The molecule has 3 N–H and O–H groups in total. The second-order valence-electron chi connectivity index (χ2n) is 25.5. The summed E-state index contributed by atoms with van der Waals surface area (Å²) in [6.07, 6.45) is 68.9. The Kier molecular flexibility index (Phi) is 67.4. The number of rotatable bonds is 72. The number of phosphoric ester groups is 2. The number of hydrogen-bond acceptors (Lipinski definition) is 15. The molecule has 0 saturated carbocycles. The van der Waals surface area contributed by atoms with Gasteiger partial charge in [-0.3, -0.25) is 37.3 Å². The Hall–Kier alpha value is -3.50. The van der Waals surface area contributed by atoms with Crippen LogP contribution in [0.5, 0.6) is 0 Å². The van der Waals surface area contributed by atoms with Crippen LogP contribution in [0.15, 0.2) is 72.9 Å². The highest BCUT2D eigenvalue weighted by molar-refractivity contribution is 7.47. The molecule has 5 unspecified atom stereocenters. The zero-order chi connectivity index (χ0) is 70.4. The fourth-order valence-electron chi connectivity index (χ4n) is 10.4. The van der Waals surface area contributed by atoms with Crippen molar-refractivity contribution < 1.29 is 80.2 Å². The number of esters is 4. The van der Waals surface area contributed by atoms with E-state index in [4.69, 9.17) is 37.0 Å². The van der Waals surface area contributed by atoms with Gasteiger partial charge in [0.1, 0.15) is 19.3 Å². The Morgan fingerprint density at radius 3 is 0.833 bits per heavy atom. The fourth-order valence-corrected chi connectivity index (χ4v) is 12.0. The largest absolute Gasteiger partial charge is 0.472 e. The van der Waals surface area contributed by atoms with E-state index in [1.54, 1.807) is 0 Å². The number of carbonyl (C=O) groups is 4. The molecule has 5 atom stereocenters. The number of unbranched alkanes of at least 4 members (excludes halogenated alkanes) is 34. The maximum Gasteiger partial charge on any atom is 0.472 e. The molecule has 0 aromatic heterocycles. The monoisotopic (exact) mass is 1400 g/mol. The first kappa shape index (κ1) is 92.5. The average Bonchev–Trinajstić information content (AvgIpc) is 2.18. The Balaban J connectivity index is 5.31. The number of ether oxygens (including phenoxy) is 4. The van der Waals surface area contributed by atoms with Crippen LogP contribution in [0.3, 0.4) is 0 Å². The molecule has 0 bridgehead atoms. The standard InChI is InChI=1S/C77H138O17P2/c1-5-9-13-17-21-25-29-32-34-35-37-39-43-46-50-54-58-62-75(80)88-68-73(94-77(82)64-60-56-52-48-44-40-36-33-30-26-22-18-14-10-6-2)70-92-96(85,86)90-66-71(78)65-89-95(83,84)91-69-72(93-76(81)63-59-55-51-47-41-28-24-20-16-12-8-4)67-87-74(79)61-57-53-49-45-42-38-31-27-23-19-15-11-7-3/h9-10,13-14,21-22,25-26,32-34,36,71-73,78H,5-8,11-12,15-20,23-24,27-31,35,37-70H2,1-4H3,(H,83,84)(H,85,86)/b13-9-,14-10-,25-21-,26-22-,34-32-,36-33-. The van der Waals surface area contributed by atoms with Gasteiger partial charge in [-0.15, -0.1) is 0 Å². The zero-order valence-electron chi connectivity index (χ0n) is 60.8. The van der Waals surface area contributed by atoms with Crippen molar-refractivity contribution in [2.75, 3.05) is 39.6 Å². The molecular weight excluding hydrogens is 1260 g/mol. The molecule has 0 aliphatic rings. The number of allylic oxidation sites excluding steroid dienone is 12. The van der Waals surface area contributed by atoms with Crippen LogP contribution in [-0.4, -0.2) is 96.7 Å². The molecule has 0 amide bonds. The van der Waals surface area contributed by atoms with Gasteiger partial charge < -0.3 is 33.8 Å². The van der Waals surface area contributed by atoms with Crippen LogP contribution in [0, 0.1) is 0 Å². The minimum Gasteiger partial charge on any atom is -0.462 e. The maximum atomic E-state index is 13.1. The molecule has 0 aromatic carbocycles. The maximum absolute atomic E-state index is 13.1. The SMILES string of the molecule is CC/C=C\C/C=C\C/C=C\CCCCCCCCCC(=O)OCC(COP(=O)(O)OCC(O)COP(=O)(O)OCC(COC(=O)CCCCCCCCCCCCCCC)OC(=O)CCCCCCCCCCCCC)OC(=O)CCCCCCC/C=C\C/C=C\C/C=C\CC. The van der Waals surface area contributed by atoms with E-state index in [0.717, 1.165) is 161 Å². The molecule has 0 spiro atoms. The third-order valence-electron chi connectivity index (χ3n) is 16.2. The first-order chi connectivity index (χ1) is 46.7. The highest BCUT2D eigenvalue weighted by Crippen LogP contribution is 2.45. The van der Waals surface area contributed by atoms with Gasteiger partial charge >= 0.3 is 39.5 Å².